The largest absolute Gasteiger partial charge is 0.351 e. The average molecular weight is 430 g/mol. The molecule has 29 heavy (non-hydrogen) atoms. The van der Waals surface area contributed by atoms with Gasteiger partial charge >= 0.3 is 0 Å². The minimum absolute atomic E-state index is 0.132. The van der Waals surface area contributed by atoms with Gasteiger partial charge in [0.2, 0.25) is 5.91 Å². The number of benzene rings is 1. The van der Waals surface area contributed by atoms with Gasteiger partial charge in [-0.25, -0.2) is 0 Å². The van der Waals surface area contributed by atoms with E-state index in [1.54, 1.807) is 24.4 Å². The third-order valence-electron chi connectivity index (χ3n) is 4.18. The molecule has 0 atom stereocenters. The summed E-state index contributed by atoms with van der Waals surface area (Å²) in [6, 6.07) is 13.9. The molecule has 6 nitrogen and oxygen atoms in total. The number of thiophene rings is 1. The molecule has 1 aromatic carbocycles. The highest BCUT2D eigenvalue weighted by molar-refractivity contribution is 7.12. The van der Waals surface area contributed by atoms with E-state index in [1.807, 2.05) is 29.6 Å². The molecular weight excluding hydrogens is 410 g/mol. The average Bonchev–Trinajstić information content (AvgIpc) is 3.24. The van der Waals surface area contributed by atoms with E-state index in [2.05, 4.69) is 10.6 Å². The van der Waals surface area contributed by atoms with Crippen LogP contribution in [0.4, 0.5) is 5.69 Å². The van der Waals surface area contributed by atoms with E-state index in [-0.39, 0.29) is 23.8 Å². The zero-order valence-corrected chi connectivity index (χ0v) is 17.1. The molecule has 2 aromatic heterocycles. The van der Waals surface area contributed by atoms with Crippen LogP contribution in [0.2, 0.25) is 5.02 Å². The number of hydrogen-bond donors (Lipinski definition) is 2. The first-order valence-corrected chi connectivity index (χ1v) is 10.3. The molecule has 2 amide bonds. The van der Waals surface area contributed by atoms with Crippen LogP contribution in [0.15, 0.2) is 64.9 Å². The second-order valence-corrected chi connectivity index (χ2v) is 7.72. The Kier molecular flexibility index (Phi) is 7.21. The molecule has 0 unspecified atom stereocenters. The minimum Gasteiger partial charge on any atom is -0.351 e. The Morgan fingerprint density at radius 2 is 1.90 bits per heavy atom. The van der Waals surface area contributed by atoms with Crippen LogP contribution in [0.25, 0.3) is 0 Å². The molecule has 0 aliphatic heterocycles. The molecule has 0 bridgehead atoms. The zero-order chi connectivity index (χ0) is 20.6. The molecular formula is C21H20ClN3O3S. The molecule has 0 saturated carbocycles. The molecule has 0 radical (unpaired) electrons. The number of aromatic nitrogens is 1. The van der Waals surface area contributed by atoms with Crippen LogP contribution >= 0.6 is 22.9 Å². The van der Waals surface area contributed by atoms with Gasteiger partial charge in [0.1, 0.15) is 0 Å². The first-order chi connectivity index (χ1) is 14.0. The fourth-order valence-corrected chi connectivity index (χ4v) is 3.54. The standard InChI is InChI=1S/C21H20ClN3O3S/c22-17-6-2-1-5-15(17)13-25-14-16(9-10-20(25)27)24-19(26)8-3-11-23-21(28)18-7-4-12-29-18/h1-2,4-7,9-10,12,14H,3,8,11,13H2,(H,23,28)(H,24,26). The number of pyridine rings is 1. The summed E-state index contributed by atoms with van der Waals surface area (Å²) in [5.74, 6) is -0.314. The topological polar surface area (TPSA) is 80.2 Å². The molecule has 0 aliphatic carbocycles. The maximum absolute atomic E-state index is 12.2. The van der Waals surface area contributed by atoms with Crippen molar-refractivity contribution in [2.45, 2.75) is 19.4 Å². The van der Waals surface area contributed by atoms with Gasteiger partial charge in [-0.3, -0.25) is 14.4 Å². The van der Waals surface area contributed by atoms with Gasteiger partial charge < -0.3 is 15.2 Å². The van der Waals surface area contributed by atoms with Gasteiger partial charge in [-0.1, -0.05) is 35.9 Å². The number of halogens is 1. The number of amides is 2. The Hall–Kier alpha value is -2.90. The first kappa shape index (κ1) is 20.8. The van der Waals surface area contributed by atoms with Crippen LogP contribution in [0.1, 0.15) is 28.1 Å². The van der Waals surface area contributed by atoms with E-state index in [1.165, 1.54) is 22.0 Å². The Morgan fingerprint density at radius 1 is 1.07 bits per heavy atom. The van der Waals surface area contributed by atoms with Gasteiger partial charge in [0.15, 0.2) is 0 Å². The highest BCUT2D eigenvalue weighted by Gasteiger charge is 2.08. The summed E-state index contributed by atoms with van der Waals surface area (Å²) in [7, 11) is 0. The highest BCUT2D eigenvalue weighted by Crippen LogP contribution is 2.16. The Balaban J connectivity index is 1.50. The number of nitrogens with zero attached hydrogens (tertiary/aromatic N) is 1. The molecule has 2 heterocycles. The van der Waals surface area contributed by atoms with Crippen molar-refractivity contribution in [2.75, 3.05) is 11.9 Å². The number of anilines is 1. The minimum atomic E-state index is -0.182. The van der Waals surface area contributed by atoms with E-state index in [0.717, 1.165) is 5.56 Å². The smallest absolute Gasteiger partial charge is 0.261 e. The second kappa shape index (κ2) is 10.0. The predicted molar refractivity (Wildman–Crippen MR) is 116 cm³/mol. The van der Waals surface area contributed by atoms with Gasteiger partial charge in [0.25, 0.3) is 11.5 Å². The SMILES string of the molecule is O=C(CCCNC(=O)c1cccs1)Nc1ccc(=O)n(Cc2ccccc2Cl)c1. The van der Waals surface area contributed by atoms with Gasteiger partial charge in [0.05, 0.1) is 17.1 Å². The van der Waals surface area contributed by atoms with Crippen LogP contribution in [0, 0.1) is 0 Å². The molecule has 3 rings (SSSR count). The van der Waals surface area contributed by atoms with Crippen LogP contribution < -0.4 is 16.2 Å². The van der Waals surface area contributed by atoms with Crippen LogP contribution in [-0.2, 0) is 11.3 Å². The number of rotatable bonds is 8. The summed E-state index contributed by atoms with van der Waals surface area (Å²) in [6.45, 7) is 0.729. The highest BCUT2D eigenvalue weighted by atomic mass is 35.5. The Morgan fingerprint density at radius 3 is 2.66 bits per heavy atom. The summed E-state index contributed by atoms with van der Waals surface area (Å²) in [6.07, 6.45) is 2.37. The number of hydrogen-bond acceptors (Lipinski definition) is 4. The van der Waals surface area contributed by atoms with Gasteiger partial charge in [-0.2, -0.15) is 0 Å². The summed E-state index contributed by atoms with van der Waals surface area (Å²) < 4.78 is 1.50. The zero-order valence-electron chi connectivity index (χ0n) is 15.6. The molecule has 0 saturated heterocycles. The quantitative estimate of drug-likeness (QED) is 0.535. The number of carbonyl (C=O) groups excluding carboxylic acids is 2. The maximum atomic E-state index is 12.2. The lowest BCUT2D eigenvalue weighted by molar-refractivity contribution is -0.116. The van der Waals surface area contributed by atoms with Crippen LogP contribution in [-0.4, -0.2) is 22.9 Å². The molecule has 2 N–H and O–H groups in total. The summed E-state index contributed by atoms with van der Waals surface area (Å²) >= 11 is 7.54. The van der Waals surface area contributed by atoms with E-state index < -0.39 is 0 Å². The van der Waals surface area contributed by atoms with Gasteiger partial charge in [0, 0.05) is 30.3 Å². The monoisotopic (exact) mass is 429 g/mol. The number of nitrogens with one attached hydrogen (secondary N) is 2. The fourth-order valence-electron chi connectivity index (χ4n) is 2.71. The molecule has 0 aliphatic rings. The van der Waals surface area contributed by atoms with Crippen molar-refractivity contribution in [2.24, 2.45) is 0 Å². The van der Waals surface area contributed by atoms with Crippen LogP contribution in [0.5, 0.6) is 0 Å². The Labute approximate surface area is 177 Å². The van der Waals surface area contributed by atoms with E-state index in [9.17, 15) is 14.4 Å². The van der Waals surface area contributed by atoms with Crippen molar-refractivity contribution >= 4 is 40.4 Å². The molecule has 150 valence electrons. The third kappa shape index (κ3) is 6.04. The van der Waals surface area contributed by atoms with Crippen molar-refractivity contribution in [1.82, 2.24) is 9.88 Å². The predicted octanol–water partition coefficient (Wildman–Crippen LogP) is 3.76. The number of carbonyl (C=O) groups is 2. The molecule has 3 aromatic rings. The van der Waals surface area contributed by atoms with Gasteiger partial charge in [-0.05, 0) is 35.6 Å². The molecule has 0 spiro atoms. The Bertz CT molecular complexity index is 1050. The van der Waals surface area contributed by atoms with Crippen LogP contribution in [0.3, 0.4) is 0 Å². The maximum Gasteiger partial charge on any atom is 0.261 e. The molecule has 0 fully saturated rings. The summed E-state index contributed by atoms with van der Waals surface area (Å²) in [5.41, 5.74) is 1.17. The summed E-state index contributed by atoms with van der Waals surface area (Å²) in [4.78, 5) is 36.8. The van der Waals surface area contributed by atoms with E-state index in [4.69, 9.17) is 11.6 Å². The lowest BCUT2D eigenvalue weighted by Crippen LogP contribution is -2.25. The fraction of sp³-hybridized carbons (Fsp3) is 0.190. The lowest BCUT2D eigenvalue weighted by Gasteiger charge is -2.11. The van der Waals surface area contributed by atoms with Crippen molar-refractivity contribution in [1.29, 1.82) is 0 Å². The van der Waals surface area contributed by atoms with E-state index >= 15 is 0 Å². The normalized spacial score (nSPS) is 10.5. The van der Waals surface area contributed by atoms with Gasteiger partial charge in [-0.15, -0.1) is 11.3 Å². The first-order valence-electron chi connectivity index (χ1n) is 9.08. The van der Waals surface area contributed by atoms with Crippen molar-refractivity contribution < 1.29 is 9.59 Å². The summed E-state index contributed by atoms with van der Waals surface area (Å²) in [5, 5.41) is 7.99. The molecule has 8 heteroatoms. The lowest BCUT2D eigenvalue weighted by atomic mass is 10.2. The van der Waals surface area contributed by atoms with E-state index in [0.29, 0.717) is 35.1 Å². The van der Waals surface area contributed by atoms with Crippen molar-refractivity contribution in [3.8, 4) is 0 Å². The third-order valence-corrected chi connectivity index (χ3v) is 5.41. The van der Waals surface area contributed by atoms with Crippen molar-refractivity contribution in [3.05, 3.63) is 85.9 Å². The second-order valence-electron chi connectivity index (χ2n) is 6.36. The van der Waals surface area contributed by atoms with Crippen molar-refractivity contribution in [3.63, 3.8) is 0 Å².